The summed E-state index contributed by atoms with van der Waals surface area (Å²) in [6.07, 6.45) is 3.94. The van der Waals surface area contributed by atoms with E-state index in [1.54, 1.807) is 23.9 Å². The largest absolute Gasteiger partial charge is 0.478 e. The van der Waals surface area contributed by atoms with Crippen molar-refractivity contribution in [1.29, 1.82) is 0 Å². The number of fused-ring (bicyclic) bond motifs is 1. The first kappa shape index (κ1) is 19.4. The Morgan fingerprint density at radius 2 is 2.00 bits per heavy atom. The molecule has 0 radical (unpaired) electrons. The zero-order valence-electron chi connectivity index (χ0n) is 15.6. The summed E-state index contributed by atoms with van der Waals surface area (Å²) in [4.78, 5) is 17.5. The minimum atomic E-state index is -0.977. The van der Waals surface area contributed by atoms with Crippen molar-refractivity contribution in [3.8, 4) is 0 Å². The Bertz CT molecular complexity index is 1030. The first-order valence-corrected chi connectivity index (χ1v) is 10.1. The number of nitrogens with zero attached hydrogens (tertiary/aromatic N) is 1. The lowest BCUT2D eigenvalue weighted by Gasteiger charge is -2.28. The van der Waals surface area contributed by atoms with Gasteiger partial charge in [0, 0.05) is 28.6 Å². The van der Waals surface area contributed by atoms with Gasteiger partial charge >= 0.3 is 5.97 Å². The predicted octanol–water partition coefficient (Wildman–Crippen LogP) is 4.37. The Hall–Kier alpha value is -2.90. The first-order chi connectivity index (χ1) is 14.1. The lowest BCUT2D eigenvalue weighted by atomic mass is 9.94. The first-order valence-electron chi connectivity index (χ1n) is 9.31. The molecule has 0 unspecified atom stereocenters. The van der Waals surface area contributed by atoms with E-state index >= 15 is 0 Å². The molecule has 2 aromatic carbocycles. The molecule has 0 fully saturated rings. The van der Waals surface area contributed by atoms with Crippen LogP contribution in [0.4, 0.5) is 10.1 Å². The van der Waals surface area contributed by atoms with Gasteiger partial charge in [-0.15, -0.1) is 0 Å². The van der Waals surface area contributed by atoms with Crippen LogP contribution in [0.5, 0.6) is 0 Å². The molecule has 1 aliphatic rings. The van der Waals surface area contributed by atoms with Crippen LogP contribution in [0.2, 0.25) is 0 Å². The third kappa shape index (κ3) is 4.58. The Kier molecular flexibility index (Phi) is 5.78. The second-order valence-corrected chi connectivity index (χ2v) is 7.93. The zero-order valence-corrected chi connectivity index (χ0v) is 16.4. The van der Waals surface area contributed by atoms with Crippen LogP contribution in [0.25, 0.3) is 0 Å². The molecule has 1 aliphatic heterocycles. The van der Waals surface area contributed by atoms with Crippen molar-refractivity contribution in [2.75, 3.05) is 18.4 Å². The van der Waals surface area contributed by atoms with Gasteiger partial charge in [0.05, 0.1) is 17.4 Å². The fourth-order valence-electron chi connectivity index (χ4n) is 3.45. The Balaban J connectivity index is 1.48. The van der Waals surface area contributed by atoms with Crippen LogP contribution in [0.1, 0.15) is 27.5 Å². The van der Waals surface area contributed by atoms with Crippen LogP contribution in [-0.2, 0) is 6.42 Å². The van der Waals surface area contributed by atoms with Crippen LogP contribution >= 0.6 is 11.8 Å². The summed E-state index contributed by atoms with van der Waals surface area (Å²) in [6, 6.07) is 14.4. The number of anilines is 1. The quantitative estimate of drug-likeness (QED) is 0.561. The summed E-state index contributed by atoms with van der Waals surface area (Å²) in [5.41, 5.74) is 3.19. The van der Waals surface area contributed by atoms with Gasteiger partial charge in [-0.05, 0) is 66.6 Å². The standard InChI is InChI=1S/C22H20FN3O2S/c23-15-1-3-16(4-2-15)29-17-5-6-18-14(11-17)7-10-25-21(18)13-26-20-12-24-9-8-19(20)22(27)28/h1-6,8-9,11-12,21,25-26H,7,10,13H2,(H,27,28)/t21-/m0/s1. The predicted molar refractivity (Wildman–Crippen MR) is 111 cm³/mol. The molecule has 1 aromatic heterocycles. The average Bonchev–Trinajstić information content (AvgIpc) is 2.74. The maximum absolute atomic E-state index is 13.1. The molecule has 1 atom stereocenters. The number of pyridine rings is 1. The molecule has 29 heavy (non-hydrogen) atoms. The second kappa shape index (κ2) is 8.63. The molecule has 0 spiro atoms. The van der Waals surface area contributed by atoms with Crippen molar-refractivity contribution < 1.29 is 14.3 Å². The third-order valence-electron chi connectivity index (χ3n) is 4.87. The number of carboxylic acids is 1. The van der Waals surface area contributed by atoms with Gasteiger partial charge in [-0.2, -0.15) is 0 Å². The zero-order chi connectivity index (χ0) is 20.2. The van der Waals surface area contributed by atoms with Crippen LogP contribution < -0.4 is 10.6 Å². The van der Waals surface area contributed by atoms with E-state index < -0.39 is 5.97 Å². The number of carbonyl (C=O) groups is 1. The van der Waals surface area contributed by atoms with E-state index in [1.165, 1.54) is 41.7 Å². The highest BCUT2D eigenvalue weighted by Crippen LogP contribution is 2.32. The minimum absolute atomic E-state index is 0.0745. The van der Waals surface area contributed by atoms with E-state index in [-0.39, 0.29) is 17.4 Å². The summed E-state index contributed by atoms with van der Waals surface area (Å²) in [6.45, 7) is 1.41. The number of aromatic carboxylic acids is 1. The van der Waals surface area contributed by atoms with Crippen molar-refractivity contribution in [3.63, 3.8) is 0 Å². The number of benzene rings is 2. The summed E-state index contributed by atoms with van der Waals surface area (Å²) in [5, 5.41) is 16.0. The second-order valence-electron chi connectivity index (χ2n) is 6.78. The molecule has 0 saturated heterocycles. The Morgan fingerprint density at radius 1 is 1.21 bits per heavy atom. The molecule has 5 nitrogen and oxygen atoms in total. The van der Waals surface area contributed by atoms with Crippen molar-refractivity contribution in [3.05, 3.63) is 83.4 Å². The Labute approximate surface area is 172 Å². The van der Waals surface area contributed by atoms with E-state index in [2.05, 4.69) is 33.8 Å². The number of hydrogen-bond acceptors (Lipinski definition) is 5. The minimum Gasteiger partial charge on any atom is -0.478 e. The highest BCUT2D eigenvalue weighted by molar-refractivity contribution is 7.99. The fraction of sp³-hybridized carbons (Fsp3) is 0.182. The van der Waals surface area contributed by atoms with E-state index in [4.69, 9.17) is 0 Å². The summed E-state index contributed by atoms with van der Waals surface area (Å²) >= 11 is 1.61. The summed E-state index contributed by atoms with van der Waals surface area (Å²) in [7, 11) is 0. The Morgan fingerprint density at radius 3 is 2.79 bits per heavy atom. The lowest BCUT2D eigenvalue weighted by molar-refractivity contribution is 0.0697. The molecule has 0 bridgehead atoms. The normalized spacial score (nSPS) is 15.6. The van der Waals surface area contributed by atoms with E-state index in [1.807, 2.05) is 0 Å². The monoisotopic (exact) mass is 409 g/mol. The van der Waals surface area contributed by atoms with Crippen LogP contribution in [-0.4, -0.2) is 29.1 Å². The van der Waals surface area contributed by atoms with Gasteiger partial charge in [0.25, 0.3) is 0 Å². The van der Waals surface area contributed by atoms with Crippen molar-refractivity contribution >= 4 is 23.4 Å². The van der Waals surface area contributed by atoms with Crippen molar-refractivity contribution in [2.24, 2.45) is 0 Å². The molecule has 4 rings (SSSR count). The number of hydrogen-bond donors (Lipinski definition) is 3. The van der Waals surface area contributed by atoms with E-state index in [0.717, 1.165) is 22.8 Å². The molecule has 0 saturated carbocycles. The molecule has 0 amide bonds. The molecule has 7 heteroatoms. The van der Waals surface area contributed by atoms with Crippen LogP contribution in [0, 0.1) is 5.82 Å². The smallest absolute Gasteiger partial charge is 0.337 e. The number of halogens is 1. The van der Waals surface area contributed by atoms with Gasteiger partial charge in [-0.3, -0.25) is 4.98 Å². The van der Waals surface area contributed by atoms with E-state index in [0.29, 0.717) is 12.2 Å². The topological polar surface area (TPSA) is 74.2 Å². The molecule has 3 aromatic rings. The van der Waals surface area contributed by atoms with Gasteiger partial charge < -0.3 is 15.7 Å². The number of carboxylic acid groups (broad SMARTS) is 1. The molecule has 2 heterocycles. The number of nitrogens with one attached hydrogen (secondary N) is 2. The summed E-state index contributed by atoms with van der Waals surface area (Å²) in [5.74, 6) is -1.21. The van der Waals surface area contributed by atoms with Crippen molar-refractivity contribution in [1.82, 2.24) is 10.3 Å². The highest BCUT2D eigenvalue weighted by atomic mass is 32.2. The van der Waals surface area contributed by atoms with Gasteiger partial charge in [-0.1, -0.05) is 17.8 Å². The summed E-state index contributed by atoms with van der Waals surface area (Å²) < 4.78 is 13.1. The maximum Gasteiger partial charge on any atom is 0.337 e. The van der Waals surface area contributed by atoms with E-state index in [9.17, 15) is 14.3 Å². The lowest BCUT2D eigenvalue weighted by Crippen LogP contribution is -2.34. The third-order valence-corrected chi connectivity index (χ3v) is 5.87. The molecular weight excluding hydrogens is 389 g/mol. The number of rotatable bonds is 6. The maximum atomic E-state index is 13.1. The van der Waals surface area contributed by atoms with Gasteiger partial charge in [0.15, 0.2) is 0 Å². The number of aromatic nitrogens is 1. The van der Waals surface area contributed by atoms with Gasteiger partial charge in [0.2, 0.25) is 0 Å². The fourth-order valence-corrected chi connectivity index (χ4v) is 4.33. The van der Waals surface area contributed by atoms with Crippen molar-refractivity contribution in [2.45, 2.75) is 22.3 Å². The SMILES string of the molecule is O=C(O)c1ccncc1NC[C@@H]1NCCc2cc(Sc3ccc(F)cc3)ccc21. The van der Waals surface area contributed by atoms with Crippen LogP contribution in [0.15, 0.2) is 70.7 Å². The van der Waals surface area contributed by atoms with Crippen LogP contribution in [0.3, 0.4) is 0 Å². The molecular formula is C22H20FN3O2S. The molecule has 0 aliphatic carbocycles. The van der Waals surface area contributed by atoms with Gasteiger partial charge in [-0.25, -0.2) is 9.18 Å². The average molecular weight is 409 g/mol. The highest BCUT2D eigenvalue weighted by Gasteiger charge is 2.21. The molecule has 3 N–H and O–H groups in total. The molecule has 148 valence electrons. The van der Waals surface area contributed by atoms with Gasteiger partial charge in [0.1, 0.15) is 5.82 Å².